The molecule has 1 saturated heterocycles. The van der Waals surface area contributed by atoms with E-state index in [2.05, 4.69) is 38.5 Å². The number of aromatic amines is 1. The molecule has 4 heterocycles. The van der Waals surface area contributed by atoms with Crippen LogP contribution in [-0.4, -0.2) is 45.9 Å². The van der Waals surface area contributed by atoms with Crippen molar-refractivity contribution in [3.05, 3.63) is 74.3 Å². The van der Waals surface area contributed by atoms with E-state index in [0.29, 0.717) is 5.39 Å². The fourth-order valence-corrected chi connectivity index (χ4v) is 5.73. The molecule has 3 aromatic heterocycles. The highest BCUT2D eigenvalue weighted by Gasteiger charge is 2.24. The van der Waals surface area contributed by atoms with Crippen molar-refractivity contribution in [2.45, 2.75) is 19.5 Å². The largest absolute Gasteiger partial charge is 0.309 e. The van der Waals surface area contributed by atoms with E-state index >= 15 is 0 Å². The molecular formula is C23H24N4OS2. The molecule has 5 nitrogen and oxygen atoms in total. The van der Waals surface area contributed by atoms with Crippen LogP contribution in [0.25, 0.3) is 21.3 Å². The predicted octanol–water partition coefficient (Wildman–Crippen LogP) is 4.59. The lowest BCUT2D eigenvalue weighted by Crippen LogP contribution is -2.47. The number of thiophene rings is 2. The van der Waals surface area contributed by atoms with E-state index in [1.54, 1.807) is 22.7 Å². The molecule has 0 amide bonds. The quantitative estimate of drug-likeness (QED) is 0.497. The lowest BCUT2D eigenvalue weighted by molar-refractivity contribution is 0.0949. The molecule has 7 heteroatoms. The van der Waals surface area contributed by atoms with Gasteiger partial charge < -0.3 is 4.98 Å². The van der Waals surface area contributed by atoms with E-state index in [0.717, 1.165) is 54.5 Å². The molecule has 30 heavy (non-hydrogen) atoms. The molecular weight excluding hydrogens is 412 g/mol. The fraction of sp³-hybridized carbons (Fsp3) is 0.304. The lowest BCUT2D eigenvalue weighted by atomic mass is 10.1. The SMILES string of the molecule is C[C@H](c1nc2scc(-c3ccccc3)c2c(=O)[nH]1)N1CCN(Cc2ccsc2)CC1. The molecule has 4 aromatic rings. The Morgan fingerprint density at radius 3 is 2.63 bits per heavy atom. The molecule has 0 bridgehead atoms. The minimum Gasteiger partial charge on any atom is -0.309 e. The molecule has 0 aliphatic carbocycles. The van der Waals surface area contributed by atoms with Crippen molar-refractivity contribution in [2.75, 3.05) is 26.2 Å². The van der Waals surface area contributed by atoms with E-state index in [1.165, 1.54) is 5.56 Å². The Labute approximate surface area is 183 Å². The first-order chi connectivity index (χ1) is 14.7. The predicted molar refractivity (Wildman–Crippen MR) is 125 cm³/mol. The van der Waals surface area contributed by atoms with Crippen LogP contribution in [-0.2, 0) is 6.54 Å². The van der Waals surface area contributed by atoms with Gasteiger partial charge in [0, 0.05) is 43.7 Å². The Kier molecular flexibility index (Phi) is 5.52. The van der Waals surface area contributed by atoms with Gasteiger partial charge in [-0.2, -0.15) is 11.3 Å². The van der Waals surface area contributed by atoms with Gasteiger partial charge in [-0.05, 0) is 34.9 Å². The third kappa shape index (κ3) is 3.86. The molecule has 0 spiro atoms. The third-order valence-corrected chi connectivity index (χ3v) is 7.49. The zero-order valence-electron chi connectivity index (χ0n) is 16.9. The molecule has 1 N–H and O–H groups in total. The van der Waals surface area contributed by atoms with Crippen molar-refractivity contribution in [3.63, 3.8) is 0 Å². The Morgan fingerprint density at radius 1 is 1.10 bits per heavy atom. The molecule has 0 saturated carbocycles. The number of hydrogen-bond donors (Lipinski definition) is 1. The monoisotopic (exact) mass is 436 g/mol. The molecule has 154 valence electrons. The highest BCUT2D eigenvalue weighted by atomic mass is 32.1. The molecule has 1 aliphatic heterocycles. The van der Waals surface area contributed by atoms with Crippen LogP contribution in [0.15, 0.2) is 57.3 Å². The second-order valence-corrected chi connectivity index (χ2v) is 9.40. The zero-order chi connectivity index (χ0) is 20.5. The summed E-state index contributed by atoms with van der Waals surface area (Å²) < 4.78 is 0. The summed E-state index contributed by atoms with van der Waals surface area (Å²) in [7, 11) is 0. The third-order valence-electron chi connectivity index (χ3n) is 5.88. The minimum atomic E-state index is -0.0435. The van der Waals surface area contributed by atoms with Crippen LogP contribution >= 0.6 is 22.7 Å². The molecule has 5 rings (SSSR count). The van der Waals surface area contributed by atoms with Crippen molar-refractivity contribution in [1.29, 1.82) is 0 Å². The van der Waals surface area contributed by atoms with Gasteiger partial charge in [-0.3, -0.25) is 14.6 Å². The van der Waals surface area contributed by atoms with E-state index in [-0.39, 0.29) is 11.6 Å². The smallest absolute Gasteiger partial charge is 0.260 e. The summed E-state index contributed by atoms with van der Waals surface area (Å²) in [5, 5.41) is 7.10. The number of rotatable bonds is 5. The number of nitrogens with zero attached hydrogens (tertiary/aromatic N) is 3. The summed E-state index contributed by atoms with van der Waals surface area (Å²) in [5.41, 5.74) is 3.37. The number of piperazine rings is 1. The van der Waals surface area contributed by atoms with Crippen LogP contribution in [0.3, 0.4) is 0 Å². The minimum absolute atomic E-state index is 0.0435. The molecule has 1 atom stereocenters. The molecule has 1 aromatic carbocycles. The summed E-state index contributed by atoms with van der Waals surface area (Å²) in [6.07, 6.45) is 0. The second-order valence-electron chi connectivity index (χ2n) is 7.77. The Bertz CT molecular complexity index is 1180. The van der Waals surface area contributed by atoms with Crippen molar-refractivity contribution >= 4 is 32.9 Å². The maximum absolute atomic E-state index is 13.0. The summed E-state index contributed by atoms with van der Waals surface area (Å²) in [6.45, 7) is 7.18. The normalized spacial score (nSPS) is 16.8. The van der Waals surface area contributed by atoms with Gasteiger partial charge in [0.25, 0.3) is 5.56 Å². The first-order valence-corrected chi connectivity index (χ1v) is 12.1. The highest BCUT2D eigenvalue weighted by molar-refractivity contribution is 7.17. The standard InChI is InChI=1S/C23H24N4OS2/c1-16(27-10-8-26(9-11-27)13-17-7-12-29-14-17)21-24-22(28)20-19(15-30-23(20)25-21)18-5-3-2-4-6-18/h2-7,12,14-16H,8-11,13H2,1H3,(H,24,25,28)/t16-/m1/s1. The highest BCUT2D eigenvalue weighted by Crippen LogP contribution is 2.31. The number of nitrogens with one attached hydrogen (secondary N) is 1. The van der Waals surface area contributed by atoms with Crippen LogP contribution in [0.2, 0.25) is 0 Å². The van der Waals surface area contributed by atoms with Crippen LogP contribution in [0, 0.1) is 0 Å². The van der Waals surface area contributed by atoms with Gasteiger partial charge in [0.1, 0.15) is 10.7 Å². The van der Waals surface area contributed by atoms with Crippen molar-refractivity contribution in [3.8, 4) is 11.1 Å². The number of hydrogen-bond acceptors (Lipinski definition) is 6. The fourth-order valence-electron chi connectivity index (χ4n) is 4.12. The maximum Gasteiger partial charge on any atom is 0.260 e. The maximum atomic E-state index is 13.0. The number of H-pyrrole nitrogens is 1. The van der Waals surface area contributed by atoms with Gasteiger partial charge in [0.2, 0.25) is 0 Å². The van der Waals surface area contributed by atoms with Crippen LogP contribution in [0.4, 0.5) is 0 Å². The van der Waals surface area contributed by atoms with Crippen LogP contribution in [0.5, 0.6) is 0 Å². The number of aromatic nitrogens is 2. The topological polar surface area (TPSA) is 52.2 Å². The first kappa shape index (κ1) is 19.6. The summed E-state index contributed by atoms with van der Waals surface area (Å²) in [6, 6.07) is 12.3. The van der Waals surface area contributed by atoms with E-state index in [4.69, 9.17) is 4.98 Å². The second kappa shape index (κ2) is 8.43. The van der Waals surface area contributed by atoms with E-state index in [1.807, 2.05) is 35.7 Å². The number of fused-ring (bicyclic) bond motifs is 1. The van der Waals surface area contributed by atoms with Gasteiger partial charge in [-0.15, -0.1) is 11.3 Å². The van der Waals surface area contributed by atoms with Crippen LogP contribution in [0.1, 0.15) is 24.4 Å². The molecule has 1 fully saturated rings. The zero-order valence-corrected chi connectivity index (χ0v) is 18.5. The van der Waals surface area contributed by atoms with Crippen molar-refractivity contribution in [1.82, 2.24) is 19.8 Å². The first-order valence-electron chi connectivity index (χ1n) is 10.2. The summed E-state index contributed by atoms with van der Waals surface area (Å²) >= 11 is 3.30. The molecule has 0 unspecified atom stereocenters. The average molecular weight is 437 g/mol. The van der Waals surface area contributed by atoms with Crippen LogP contribution < -0.4 is 5.56 Å². The van der Waals surface area contributed by atoms with Gasteiger partial charge >= 0.3 is 0 Å². The Balaban J connectivity index is 1.33. The lowest BCUT2D eigenvalue weighted by Gasteiger charge is -2.37. The average Bonchev–Trinajstić information content (AvgIpc) is 3.44. The molecule has 0 radical (unpaired) electrons. The van der Waals surface area contributed by atoms with Crippen molar-refractivity contribution in [2.24, 2.45) is 0 Å². The van der Waals surface area contributed by atoms with Gasteiger partial charge in [-0.1, -0.05) is 30.3 Å². The summed E-state index contributed by atoms with van der Waals surface area (Å²) in [5.74, 6) is 0.764. The summed E-state index contributed by atoms with van der Waals surface area (Å²) in [4.78, 5) is 26.6. The van der Waals surface area contributed by atoms with Gasteiger partial charge in [0.05, 0.1) is 11.4 Å². The van der Waals surface area contributed by atoms with Crippen molar-refractivity contribution < 1.29 is 0 Å². The number of benzene rings is 1. The van der Waals surface area contributed by atoms with E-state index < -0.39 is 0 Å². The Morgan fingerprint density at radius 2 is 1.90 bits per heavy atom. The molecule has 1 aliphatic rings. The van der Waals surface area contributed by atoms with Gasteiger partial charge in [0.15, 0.2) is 0 Å². The Hall–Kier alpha value is -2.32. The van der Waals surface area contributed by atoms with E-state index in [9.17, 15) is 4.79 Å². The van der Waals surface area contributed by atoms with Gasteiger partial charge in [-0.25, -0.2) is 4.98 Å².